The van der Waals surface area contributed by atoms with E-state index in [2.05, 4.69) is 30.0 Å². The smallest absolute Gasteiger partial charge is 0.263 e. The maximum atomic E-state index is 12.7. The maximum absolute atomic E-state index is 12.7. The summed E-state index contributed by atoms with van der Waals surface area (Å²) >= 11 is 0. The van der Waals surface area contributed by atoms with Crippen LogP contribution in [0.25, 0.3) is 0 Å². The molecule has 0 spiro atoms. The largest absolute Gasteiger partial charge is 0.481 e. The van der Waals surface area contributed by atoms with Crippen molar-refractivity contribution < 1.29 is 13.2 Å². The molecule has 0 fully saturated rings. The second-order valence-electron chi connectivity index (χ2n) is 6.22. The summed E-state index contributed by atoms with van der Waals surface area (Å²) in [6.45, 7) is 3.45. The molecule has 2 aromatic heterocycles. The fourth-order valence-electron chi connectivity index (χ4n) is 2.56. The van der Waals surface area contributed by atoms with E-state index < -0.39 is 10.0 Å². The van der Waals surface area contributed by atoms with Gasteiger partial charge in [0.15, 0.2) is 5.82 Å². The number of benzene rings is 1. The molecule has 0 unspecified atom stereocenters. The van der Waals surface area contributed by atoms with Crippen molar-refractivity contribution in [3.8, 4) is 0 Å². The van der Waals surface area contributed by atoms with Crippen LogP contribution in [0.3, 0.4) is 0 Å². The molecule has 0 saturated carbocycles. The summed E-state index contributed by atoms with van der Waals surface area (Å²) < 4.78 is 32.7. The zero-order chi connectivity index (χ0) is 21.9. The lowest BCUT2D eigenvalue weighted by molar-refractivity contribution is 0.401. The van der Waals surface area contributed by atoms with Gasteiger partial charge < -0.3 is 15.8 Å². The topological polar surface area (TPSA) is 169 Å². The van der Waals surface area contributed by atoms with Crippen molar-refractivity contribution >= 4 is 39.1 Å². The summed E-state index contributed by atoms with van der Waals surface area (Å²) in [5.74, 6) is 0.307. The van der Waals surface area contributed by atoms with Gasteiger partial charge in [-0.05, 0) is 38.1 Å². The van der Waals surface area contributed by atoms with Crippen LogP contribution in [0, 0.1) is 19.3 Å². The molecule has 3 rings (SSSR count). The number of anilines is 4. The number of nitrogens with one attached hydrogen (secondary N) is 3. The van der Waals surface area contributed by atoms with Crippen LogP contribution in [0.15, 0.2) is 41.7 Å². The second kappa shape index (κ2) is 8.29. The van der Waals surface area contributed by atoms with Gasteiger partial charge in [-0.15, -0.1) is 0 Å². The summed E-state index contributed by atoms with van der Waals surface area (Å²) in [6, 6.07) is 5.96. The van der Waals surface area contributed by atoms with E-state index in [1.807, 2.05) is 0 Å². The summed E-state index contributed by atoms with van der Waals surface area (Å²) in [5, 5.41) is 10.8. The lowest BCUT2D eigenvalue weighted by atomic mass is 10.2. The number of sulfonamides is 1. The van der Waals surface area contributed by atoms with E-state index in [1.165, 1.54) is 31.8 Å². The van der Waals surface area contributed by atoms with Crippen LogP contribution in [-0.2, 0) is 14.8 Å². The van der Waals surface area contributed by atoms with Crippen molar-refractivity contribution in [2.45, 2.75) is 18.7 Å². The monoisotopic (exact) mass is 428 g/mol. The Kier molecular flexibility index (Phi) is 5.78. The third-order valence-corrected chi connectivity index (χ3v) is 5.39. The molecule has 1 aromatic carbocycles. The van der Waals surface area contributed by atoms with Crippen molar-refractivity contribution in [3.05, 3.63) is 53.7 Å². The molecule has 3 aromatic rings. The van der Waals surface area contributed by atoms with Crippen LogP contribution in [0.1, 0.15) is 17.0 Å². The minimum Gasteiger partial charge on any atom is -0.481 e. The Balaban J connectivity index is 1.83. The van der Waals surface area contributed by atoms with Crippen molar-refractivity contribution in [1.29, 1.82) is 5.41 Å². The van der Waals surface area contributed by atoms with E-state index in [9.17, 15) is 8.42 Å². The van der Waals surface area contributed by atoms with E-state index in [0.717, 1.165) is 0 Å². The van der Waals surface area contributed by atoms with E-state index in [4.69, 9.17) is 15.9 Å². The highest BCUT2D eigenvalue weighted by molar-refractivity contribution is 7.92. The van der Waals surface area contributed by atoms with Crippen LogP contribution in [0.2, 0.25) is 0 Å². The van der Waals surface area contributed by atoms with Crippen LogP contribution in [-0.4, -0.2) is 41.4 Å². The predicted molar refractivity (Wildman–Crippen MR) is 112 cm³/mol. The van der Waals surface area contributed by atoms with Crippen LogP contribution < -0.4 is 15.8 Å². The minimum atomic E-state index is -3.85. The van der Waals surface area contributed by atoms with Crippen LogP contribution in [0.5, 0.6) is 0 Å². The van der Waals surface area contributed by atoms with Crippen molar-refractivity contribution in [1.82, 2.24) is 19.9 Å². The fourth-order valence-corrected chi connectivity index (χ4v) is 3.63. The summed E-state index contributed by atoms with van der Waals surface area (Å²) in [6.07, 6.45) is 2.73. The molecule has 0 aliphatic carbocycles. The third kappa shape index (κ3) is 4.43. The number of rotatable bonds is 6. The molecule has 12 heteroatoms. The summed E-state index contributed by atoms with van der Waals surface area (Å²) in [4.78, 5) is 16.3. The first-order valence-electron chi connectivity index (χ1n) is 8.65. The zero-order valence-electron chi connectivity index (χ0n) is 16.5. The third-order valence-electron chi connectivity index (χ3n) is 4.03. The molecule has 0 aliphatic rings. The molecule has 11 nitrogen and oxygen atoms in total. The lowest BCUT2D eigenvalue weighted by Crippen LogP contribution is -2.15. The number of hydrogen-bond donors (Lipinski definition) is 4. The number of ether oxygens (including phenoxy) is 1. The number of nitrogens with zero attached hydrogens (tertiary/aromatic N) is 4. The van der Waals surface area contributed by atoms with E-state index in [-0.39, 0.29) is 33.8 Å². The normalized spacial score (nSPS) is 11.0. The van der Waals surface area contributed by atoms with Gasteiger partial charge in [0.05, 0.1) is 29.6 Å². The first-order valence-corrected chi connectivity index (χ1v) is 10.1. The first-order chi connectivity index (χ1) is 14.2. The maximum Gasteiger partial charge on any atom is 0.263 e. The van der Waals surface area contributed by atoms with Gasteiger partial charge in [0.1, 0.15) is 23.5 Å². The predicted octanol–water partition coefficient (Wildman–Crippen LogP) is 1.98. The van der Waals surface area contributed by atoms with Gasteiger partial charge in [-0.3, -0.25) is 15.1 Å². The average molecular weight is 428 g/mol. The highest BCUT2D eigenvalue weighted by atomic mass is 32.2. The minimum absolute atomic E-state index is 0.0434. The molecule has 0 radical (unpaired) electrons. The number of aromatic nitrogens is 4. The number of methoxy groups -OCH3 is 1. The highest BCUT2D eigenvalue weighted by Crippen LogP contribution is 2.24. The van der Waals surface area contributed by atoms with Crippen molar-refractivity contribution in [2.75, 3.05) is 22.9 Å². The van der Waals surface area contributed by atoms with E-state index in [0.29, 0.717) is 17.1 Å². The quantitative estimate of drug-likeness (QED) is 0.339. The first kappa shape index (κ1) is 20.9. The standard InChI is InChI=1S/C18H20N8O3S/c1-10-8-21-17(11(2)24-10)26-30(27,28)13-6-4-12(5-7-13)25-18-14(16(20)29-3)15(19)22-9-23-18/h4-9,20H,1-3H3,(H,21,26)(H3,19,22,23,25). The number of hydrogen-bond acceptors (Lipinski definition) is 10. The zero-order valence-corrected chi connectivity index (χ0v) is 17.3. The molecule has 0 atom stereocenters. The fraction of sp³-hybridized carbons (Fsp3) is 0.167. The van der Waals surface area contributed by atoms with Gasteiger partial charge in [0.2, 0.25) is 5.90 Å². The van der Waals surface area contributed by atoms with Crippen LogP contribution in [0.4, 0.5) is 23.1 Å². The van der Waals surface area contributed by atoms with Gasteiger partial charge in [-0.2, -0.15) is 0 Å². The molecule has 156 valence electrons. The molecule has 30 heavy (non-hydrogen) atoms. The Labute approximate surface area is 173 Å². The molecular weight excluding hydrogens is 408 g/mol. The van der Waals surface area contributed by atoms with E-state index in [1.54, 1.807) is 26.0 Å². The summed E-state index contributed by atoms with van der Waals surface area (Å²) in [5.41, 5.74) is 7.72. The summed E-state index contributed by atoms with van der Waals surface area (Å²) in [7, 11) is -2.51. The Morgan fingerprint density at radius 2 is 1.80 bits per heavy atom. The Morgan fingerprint density at radius 3 is 2.43 bits per heavy atom. The molecule has 5 N–H and O–H groups in total. The van der Waals surface area contributed by atoms with Gasteiger partial charge >= 0.3 is 0 Å². The Bertz CT molecular complexity index is 1200. The van der Waals surface area contributed by atoms with Gasteiger partial charge in [0.25, 0.3) is 10.0 Å². The number of nitrogen functional groups attached to an aromatic ring is 1. The average Bonchev–Trinajstić information content (AvgIpc) is 2.70. The van der Waals surface area contributed by atoms with Crippen molar-refractivity contribution in [3.63, 3.8) is 0 Å². The lowest BCUT2D eigenvalue weighted by Gasteiger charge is -2.13. The van der Waals surface area contributed by atoms with Gasteiger partial charge in [-0.1, -0.05) is 0 Å². The molecule has 2 heterocycles. The SMILES string of the molecule is COC(=N)c1c(N)ncnc1Nc1ccc(S(=O)(=O)Nc2ncc(C)nc2C)cc1. The molecule has 0 saturated heterocycles. The number of aryl methyl sites for hydroxylation is 2. The van der Waals surface area contributed by atoms with E-state index >= 15 is 0 Å². The highest BCUT2D eigenvalue weighted by Gasteiger charge is 2.18. The second-order valence-corrected chi connectivity index (χ2v) is 7.90. The molecule has 0 amide bonds. The van der Waals surface area contributed by atoms with Gasteiger partial charge in [-0.25, -0.2) is 23.4 Å². The van der Waals surface area contributed by atoms with Crippen molar-refractivity contribution in [2.24, 2.45) is 0 Å². The molecular formula is C18H20N8O3S. The number of nitrogens with two attached hydrogens (primary N) is 1. The van der Waals surface area contributed by atoms with Gasteiger partial charge in [0, 0.05) is 5.69 Å². The Hall–Kier alpha value is -3.80. The Morgan fingerprint density at radius 1 is 1.10 bits per heavy atom. The molecule has 0 aliphatic heterocycles. The van der Waals surface area contributed by atoms with Crippen LogP contribution >= 0.6 is 0 Å². The molecule has 0 bridgehead atoms.